The highest BCUT2D eigenvalue weighted by atomic mass is 16.6. The van der Waals surface area contributed by atoms with Gasteiger partial charge in [0.15, 0.2) is 0 Å². The third kappa shape index (κ3) is 4.61. The molecule has 3 fully saturated rings. The molecule has 3 saturated heterocycles. The van der Waals surface area contributed by atoms with Gasteiger partial charge < -0.3 is 14.5 Å². The van der Waals surface area contributed by atoms with Crippen molar-refractivity contribution in [3.8, 4) is 0 Å². The number of nitrogens with zero attached hydrogens (tertiary/aromatic N) is 3. The largest absolute Gasteiger partial charge is 0.444 e. The Morgan fingerprint density at radius 2 is 1.70 bits per heavy atom. The first-order valence-electron chi connectivity index (χ1n) is 11.8. The summed E-state index contributed by atoms with van der Waals surface area (Å²) in [6.07, 6.45) is 7.08. The Labute approximate surface area is 182 Å². The maximum atomic E-state index is 12.5. The van der Waals surface area contributed by atoms with Gasteiger partial charge in [-0.25, -0.2) is 4.79 Å². The molecule has 0 aromatic heterocycles. The third-order valence-electron chi connectivity index (χ3n) is 7.14. The van der Waals surface area contributed by atoms with Crippen LogP contribution in [-0.2, 0) is 11.3 Å². The molecule has 30 heavy (non-hydrogen) atoms. The standard InChI is InChI=1S/C25H39N3O2/c1-20-8-9-21(22(18-20)26-13-5-6-14-26)19-28-15-7-10-25(28)11-16-27(17-12-25)23(29)30-24(2,3)4/h8-9,18H,5-7,10-17,19H2,1-4H3. The summed E-state index contributed by atoms with van der Waals surface area (Å²) >= 11 is 0. The van der Waals surface area contributed by atoms with Crippen LogP contribution in [0.25, 0.3) is 0 Å². The molecular formula is C25H39N3O2. The number of benzene rings is 1. The zero-order chi connectivity index (χ0) is 21.4. The first-order chi connectivity index (χ1) is 14.3. The molecule has 5 heteroatoms. The molecule has 0 aliphatic carbocycles. The molecule has 0 N–H and O–H groups in total. The predicted molar refractivity (Wildman–Crippen MR) is 122 cm³/mol. The quantitative estimate of drug-likeness (QED) is 0.702. The number of carbonyl (C=O) groups is 1. The van der Waals surface area contributed by atoms with Crippen LogP contribution in [0.1, 0.15) is 70.4 Å². The van der Waals surface area contributed by atoms with Gasteiger partial charge >= 0.3 is 6.09 Å². The molecule has 5 nitrogen and oxygen atoms in total. The van der Waals surface area contributed by atoms with Gasteiger partial charge in [-0.05, 0) is 90.0 Å². The monoisotopic (exact) mass is 413 g/mol. The molecule has 0 bridgehead atoms. The lowest BCUT2D eigenvalue weighted by molar-refractivity contribution is 0.00167. The number of hydrogen-bond donors (Lipinski definition) is 0. The van der Waals surface area contributed by atoms with E-state index in [1.807, 2.05) is 25.7 Å². The van der Waals surface area contributed by atoms with Crippen LogP contribution in [0.2, 0.25) is 0 Å². The van der Waals surface area contributed by atoms with Crippen LogP contribution in [0.3, 0.4) is 0 Å². The van der Waals surface area contributed by atoms with E-state index >= 15 is 0 Å². The number of anilines is 1. The minimum absolute atomic E-state index is 0.156. The van der Waals surface area contributed by atoms with E-state index in [9.17, 15) is 4.79 Å². The molecule has 0 atom stereocenters. The van der Waals surface area contributed by atoms with Gasteiger partial charge in [-0.15, -0.1) is 0 Å². The summed E-state index contributed by atoms with van der Waals surface area (Å²) in [6.45, 7) is 14.2. The topological polar surface area (TPSA) is 36.0 Å². The fourth-order valence-corrected chi connectivity index (χ4v) is 5.50. The molecule has 1 amide bonds. The Morgan fingerprint density at radius 1 is 1.00 bits per heavy atom. The molecule has 0 radical (unpaired) electrons. The fraction of sp³-hybridized carbons (Fsp3) is 0.720. The van der Waals surface area contributed by atoms with Crippen molar-refractivity contribution in [3.63, 3.8) is 0 Å². The Morgan fingerprint density at radius 3 is 2.37 bits per heavy atom. The van der Waals surface area contributed by atoms with Gasteiger partial charge in [-0.2, -0.15) is 0 Å². The number of rotatable bonds is 3. The zero-order valence-corrected chi connectivity index (χ0v) is 19.4. The molecule has 1 aromatic carbocycles. The average Bonchev–Trinajstić information content (AvgIpc) is 3.34. The highest BCUT2D eigenvalue weighted by Crippen LogP contribution is 2.40. The van der Waals surface area contributed by atoms with Gasteiger partial charge in [-0.3, -0.25) is 4.90 Å². The van der Waals surface area contributed by atoms with Gasteiger partial charge in [0.1, 0.15) is 5.60 Å². The molecule has 3 aliphatic rings. The summed E-state index contributed by atoms with van der Waals surface area (Å²) in [4.78, 5) is 19.7. The van der Waals surface area contributed by atoms with E-state index in [-0.39, 0.29) is 11.6 Å². The van der Waals surface area contributed by atoms with Crippen LogP contribution in [0.4, 0.5) is 10.5 Å². The zero-order valence-electron chi connectivity index (χ0n) is 19.4. The summed E-state index contributed by atoms with van der Waals surface area (Å²) in [5.41, 5.74) is 4.08. The number of ether oxygens (including phenoxy) is 1. The van der Waals surface area contributed by atoms with Crippen LogP contribution >= 0.6 is 0 Å². The van der Waals surface area contributed by atoms with E-state index < -0.39 is 5.60 Å². The van der Waals surface area contributed by atoms with E-state index in [1.54, 1.807) is 0 Å². The van der Waals surface area contributed by atoms with Gasteiger partial charge in [-0.1, -0.05) is 12.1 Å². The maximum absolute atomic E-state index is 12.5. The third-order valence-corrected chi connectivity index (χ3v) is 7.14. The molecule has 0 unspecified atom stereocenters. The first kappa shape index (κ1) is 21.5. The molecule has 4 rings (SSSR count). The van der Waals surface area contributed by atoms with Crippen LogP contribution in [0.5, 0.6) is 0 Å². The van der Waals surface area contributed by atoms with Crippen molar-refractivity contribution in [1.29, 1.82) is 0 Å². The summed E-state index contributed by atoms with van der Waals surface area (Å²) in [6, 6.07) is 7.00. The molecule has 3 aliphatic heterocycles. The second kappa shape index (κ2) is 8.41. The van der Waals surface area contributed by atoms with E-state index in [2.05, 4.69) is 34.9 Å². The van der Waals surface area contributed by atoms with Crippen molar-refractivity contribution in [2.24, 2.45) is 0 Å². The Balaban J connectivity index is 1.45. The van der Waals surface area contributed by atoms with E-state index in [4.69, 9.17) is 4.74 Å². The van der Waals surface area contributed by atoms with Crippen LogP contribution < -0.4 is 4.90 Å². The lowest BCUT2D eigenvalue weighted by Gasteiger charge is -2.45. The van der Waals surface area contributed by atoms with E-state index in [1.165, 1.54) is 62.1 Å². The summed E-state index contributed by atoms with van der Waals surface area (Å²) in [5, 5.41) is 0. The van der Waals surface area contributed by atoms with Crippen molar-refractivity contribution >= 4 is 11.8 Å². The van der Waals surface area contributed by atoms with Crippen molar-refractivity contribution in [2.45, 2.75) is 83.9 Å². The fourth-order valence-electron chi connectivity index (χ4n) is 5.50. The SMILES string of the molecule is Cc1ccc(CN2CCCC23CCN(C(=O)OC(C)(C)C)CC3)c(N2CCCC2)c1. The van der Waals surface area contributed by atoms with Crippen molar-refractivity contribution in [2.75, 3.05) is 37.6 Å². The molecular weight excluding hydrogens is 374 g/mol. The number of amides is 1. The Bertz CT molecular complexity index is 756. The highest BCUT2D eigenvalue weighted by Gasteiger charge is 2.44. The molecule has 1 aromatic rings. The number of likely N-dealkylation sites (tertiary alicyclic amines) is 2. The number of carbonyl (C=O) groups excluding carboxylic acids is 1. The second-order valence-electron chi connectivity index (χ2n) is 10.5. The first-order valence-corrected chi connectivity index (χ1v) is 11.8. The lowest BCUT2D eigenvalue weighted by atomic mass is 9.84. The van der Waals surface area contributed by atoms with E-state index in [0.717, 1.165) is 32.5 Å². The highest BCUT2D eigenvalue weighted by molar-refractivity contribution is 5.68. The van der Waals surface area contributed by atoms with Crippen molar-refractivity contribution in [3.05, 3.63) is 29.3 Å². The van der Waals surface area contributed by atoms with Crippen LogP contribution in [0, 0.1) is 6.92 Å². The minimum Gasteiger partial charge on any atom is -0.444 e. The van der Waals surface area contributed by atoms with Crippen molar-refractivity contribution < 1.29 is 9.53 Å². The van der Waals surface area contributed by atoms with E-state index in [0.29, 0.717) is 0 Å². The summed E-state index contributed by atoms with van der Waals surface area (Å²) in [5.74, 6) is 0. The molecule has 0 saturated carbocycles. The van der Waals surface area contributed by atoms with Gasteiger partial charge in [0, 0.05) is 44.0 Å². The number of aryl methyl sites for hydroxylation is 1. The van der Waals surface area contributed by atoms with Crippen LogP contribution in [-0.4, -0.2) is 59.8 Å². The molecule has 1 spiro atoms. The van der Waals surface area contributed by atoms with Gasteiger partial charge in [0.2, 0.25) is 0 Å². The number of hydrogen-bond acceptors (Lipinski definition) is 4. The molecule has 166 valence electrons. The van der Waals surface area contributed by atoms with Gasteiger partial charge in [0.25, 0.3) is 0 Å². The normalized spacial score (nSPS) is 22.1. The van der Waals surface area contributed by atoms with Crippen LogP contribution in [0.15, 0.2) is 18.2 Å². The maximum Gasteiger partial charge on any atom is 0.410 e. The summed E-state index contributed by atoms with van der Waals surface area (Å²) < 4.78 is 5.60. The average molecular weight is 414 g/mol. The summed E-state index contributed by atoms with van der Waals surface area (Å²) in [7, 11) is 0. The molecule has 3 heterocycles. The predicted octanol–water partition coefficient (Wildman–Crippen LogP) is 4.96. The minimum atomic E-state index is -0.428. The second-order valence-corrected chi connectivity index (χ2v) is 10.5. The smallest absolute Gasteiger partial charge is 0.410 e. The Kier molecular flexibility index (Phi) is 6.02. The Hall–Kier alpha value is -1.75. The lowest BCUT2D eigenvalue weighted by Crippen LogP contribution is -2.53. The number of piperidine rings is 1. The van der Waals surface area contributed by atoms with Crippen molar-refractivity contribution in [1.82, 2.24) is 9.80 Å². The van der Waals surface area contributed by atoms with Gasteiger partial charge in [0.05, 0.1) is 0 Å².